The molecule has 6 heteroatoms. The highest BCUT2D eigenvalue weighted by atomic mass is 32.2. The molecule has 0 saturated heterocycles. The van der Waals surface area contributed by atoms with Crippen LogP contribution >= 0.6 is 0 Å². The van der Waals surface area contributed by atoms with Crippen LogP contribution in [0, 0.1) is 23.2 Å². The molecule has 0 unspecified atom stereocenters. The number of benzene rings is 1. The summed E-state index contributed by atoms with van der Waals surface area (Å²) in [6.45, 7) is -0.209. The molecule has 100 valence electrons. The molecule has 0 spiro atoms. The van der Waals surface area contributed by atoms with Crippen LogP contribution in [0.15, 0.2) is 29.2 Å². The van der Waals surface area contributed by atoms with Gasteiger partial charge in [-0.05, 0) is 12.1 Å². The number of aliphatic hydroxyl groups excluding tert-OH is 1. The lowest BCUT2D eigenvalue weighted by Crippen LogP contribution is -2.28. The summed E-state index contributed by atoms with van der Waals surface area (Å²) in [7, 11) is -2.25. The summed E-state index contributed by atoms with van der Waals surface area (Å²) in [5.41, 5.74) is 0.334. The lowest BCUT2D eigenvalue weighted by atomic mass is 10.2. The van der Waals surface area contributed by atoms with Gasteiger partial charge in [-0.25, -0.2) is 8.42 Å². The van der Waals surface area contributed by atoms with E-state index in [0.717, 1.165) is 4.31 Å². The fourth-order valence-corrected chi connectivity index (χ4v) is 2.74. The van der Waals surface area contributed by atoms with Crippen molar-refractivity contribution in [1.29, 1.82) is 5.26 Å². The second-order valence-electron chi connectivity index (χ2n) is 3.69. The minimum atomic E-state index is -3.67. The first-order chi connectivity index (χ1) is 9.04. The first kappa shape index (κ1) is 15.2. The van der Waals surface area contributed by atoms with E-state index in [0.29, 0.717) is 5.56 Å². The van der Waals surface area contributed by atoms with Gasteiger partial charge in [0.05, 0.1) is 11.0 Å². The van der Waals surface area contributed by atoms with E-state index in [1.807, 2.05) is 6.07 Å². The molecule has 1 aromatic rings. The lowest BCUT2D eigenvalue weighted by molar-refractivity contribution is 0.350. The van der Waals surface area contributed by atoms with Gasteiger partial charge in [0.25, 0.3) is 0 Å². The average molecular weight is 278 g/mol. The summed E-state index contributed by atoms with van der Waals surface area (Å²) in [4.78, 5) is 0.0800. The van der Waals surface area contributed by atoms with Crippen LogP contribution in [-0.2, 0) is 10.0 Å². The summed E-state index contributed by atoms with van der Waals surface area (Å²) in [6.07, 6.45) is 0.125. The molecule has 0 fully saturated rings. The van der Waals surface area contributed by atoms with Gasteiger partial charge in [0, 0.05) is 25.6 Å². The largest absolute Gasteiger partial charge is 0.384 e. The van der Waals surface area contributed by atoms with E-state index in [4.69, 9.17) is 10.4 Å². The summed E-state index contributed by atoms with van der Waals surface area (Å²) in [5.74, 6) is 5.04. The van der Waals surface area contributed by atoms with E-state index in [1.165, 1.54) is 13.1 Å². The minimum Gasteiger partial charge on any atom is -0.384 e. The monoisotopic (exact) mass is 278 g/mol. The van der Waals surface area contributed by atoms with Gasteiger partial charge in [-0.2, -0.15) is 9.57 Å². The molecular weight excluding hydrogens is 264 g/mol. The zero-order valence-electron chi connectivity index (χ0n) is 10.5. The number of nitriles is 1. The van der Waals surface area contributed by atoms with E-state index in [1.54, 1.807) is 18.2 Å². The Morgan fingerprint density at radius 3 is 2.68 bits per heavy atom. The Labute approximate surface area is 113 Å². The first-order valence-electron chi connectivity index (χ1n) is 5.56. The standard InChI is InChI=1S/C13H14N2O3S/c1-15(10-5-9-14)19(17,18)13-8-3-2-6-12(13)7-4-11-16/h2-3,6,8,16H,5,10-11H2,1H3. The Bertz CT molecular complexity index is 636. The molecule has 0 saturated carbocycles. The SMILES string of the molecule is CN(CCC#N)S(=O)(=O)c1ccccc1C#CCO. The molecule has 0 atom stereocenters. The van der Waals surface area contributed by atoms with Gasteiger partial charge in [-0.15, -0.1) is 0 Å². The molecular formula is C13H14N2O3S. The van der Waals surface area contributed by atoms with Crippen molar-refractivity contribution in [2.24, 2.45) is 0 Å². The van der Waals surface area contributed by atoms with E-state index >= 15 is 0 Å². The Morgan fingerprint density at radius 1 is 1.37 bits per heavy atom. The Balaban J connectivity index is 3.18. The van der Waals surface area contributed by atoms with Gasteiger partial charge in [-0.1, -0.05) is 24.0 Å². The third-order valence-corrected chi connectivity index (χ3v) is 4.33. The van der Waals surface area contributed by atoms with Crippen LogP contribution in [0.25, 0.3) is 0 Å². The molecule has 1 rings (SSSR count). The van der Waals surface area contributed by atoms with Crippen molar-refractivity contribution in [2.75, 3.05) is 20.2 Å². The van der Waals surface area contributed by atoms with E-state index in [2.05, 4.69) is 11.8 Å². The zero-order chi connectivity index (χ0) is 14.3. The Morgan fingerprint density at radius 2 is 2.05 bits per heavy atom. The van der Waals surface area contributed by atoms with E-state index in [9.17, 15) is 8.42 Å². The minimum absolute atomic E-state index is 0.0800. The Kier molecular flexibility index (Phi) is 5.53. The van der Waals surface area contributed by atoms with Crippen molar-refractivity contribution in [1.82, 2.24) is 4.31 Å². The number of sulfonamides is 1. The van der Waals surface area contributed by atoms with Crippen LogP contribution in [0.3, 0.4) is 0 Å². The molecule has 0 radical (unpaired) electrons. The van der Waals surface area contributed by atoms with Crippen LogP contribution in [0.2, 0.25) is 0 Å². The molecule has 1 aromatic carbocycles. The van der Waals surface area contributed by atoms with Crippen LogP contribution in [-0.4, -0.2) is 38.0 Å². The maximum atomic E-state index is 12.3. The molecule has 0 aliphatic rings. The Hall–Kier alpha value is -1.86. The highest BCUT2D eigenvalue weighted by Crippen LogP contribution is 2.18. The van der Waals surface area contributed by atoms with Crippen molar-refractivity contribution < 1.29 is 13.5 Å². The van der Waals surface area contributed by atoms with Gasteiger partial charge in [-0.3, -0.25) is 0 Å². The molecule has 1 N–H and O–H groups in total. The molecule has 5 nitrogen and oxygen atoms in total. The van der Waals surface area contributed by atoms with Gasteiger partial charge >= 0.3 is 0 Å². The van der Waals surface area contributed by atoms with Gasteiger partial charge < -0.3 is 5.11 Å². The summed E-state index contributed by atoms with van der Waals surface area (Å²) >= 11 is 0. The van der Waals surface area contributed by atoms with Crippen LogP contribution in [0.4, 0.5) is 0 Å². The molecule has 0 aromatic heterocycles. The number of hydrogen-bond donors (Lipinski definition) is 1. The molecule has 0 aliphatic carbocycles. The second kappa shape index (κ2) is 6.91. The van der Waals surface area contributed by atoms with Gasteiger partial charge in [0.1, 0.15) is 6.61 Å². The first-order valence-corrected chi connectivity index (χ1v) is 7.00. The average Bonchev–Trinajstić information content (AvgIpc) is 2.42. The molecule has 19 heavy (non-hydrogen) atoms. The third kappa shape index (κ3) is 3.80. The number of hydrogen-bond acceptors (Lipinski definition) is 4. The van der Waals surface area contributed by atoms with Crippen LogP contribution in [0.5, 0.6) is 0 Å². The smallest absolute Gasteiger partial charge is 0.244 e. The summed E-state index contributed by atoms with van der Waals surface area (Å²) in [6, 6.07) is 8.22. The lowest BCUT2D eigenvalue weighted by Gasteiger charge is -2.16. The van der Waals surface area contributed by atoms with Crippen molar-refractivity contribution in [3.05, 3.63) is 29.8 Å². The van der Waals surface area contributed by atoms with Gasteiger partial charge in [0.2, 0.25) is 10.0 Å². The van der Waals surface area contributed by atoms with Crippen molar-refractivity contribution in [3.63, 3.8) is 0 Å². The van der Waals surface area contributed by atoms with E-state index < -0.39 is 10.0 Å². The van der Waals surface area contributed by atoms with Crippen molar-refractivity contribution in [2.45, 2.75) is 11.3 Å². The van der Waals surface area contributed by atoms with Gasteiger partial charge in [0.15, 0.2) is 0 Å². The predicted molar refractivity (Wildman–Crippen MR) is 70.5 cm³/mol. The third-order valence-electron chi connectivity index (χ3n) is 2.42. The molecule has 0 bridgehead atoms. The highest BCUT2D eigenvalue weighted by Gasteiger charge is 2.22. The summed E-state index contributed by atoms with van der Waals surface area (Å²) < 4.78 is 25.7. The molecule has 0 heterocycles. The molecule has 0 amide bonds. The fourth-order valence-electron chi connectivity index (χ4n) is 1.43. The molecule has 0 aliphatic heterocycles. The highest BCUT2D eigenvalue weighted by molar-refractivity contribution is 7.89. The summed E-state index contributed by atoms with van der Waals surface area (Å²) in [5, 5.41) is 17.2. The maximum absolute atomic E-state index is 12.3. The normalized spacial score (nSPS) is 10.6. The number of nitrogens with zero attached hydrogens (tertiary/aromatic N) is 2. The maximum Gasteiger partial charge on any atom is 0.244 e. The fraction of sp³-hybridized carbons (Fsp3) is 0.308. The van der Waals surface area contributed by atoms with Crippen LogP contribution in [0.1, 0.15) is 12.0 Å². The van der Waals surface area contributed by atoms with Crippen molar-refractivity contribution >= 4 is 10.0 Å². The number of rotatable bonds is 4. The van der Waals surface area contributed by atoms with E-state index in [-0.39, 0.29) is 24.5 Å². The number of aliphatic hydroxyl groups is 1. The topological polar surface area (TPSA) is 81.4 Å². The predicted octanol–water partition coefficient (Wildman–Crippen LogP) is 0.565. The second-order valence-corrected chi connectivity index (χ2v) is 5.70. The van der Waals surface area contributed by atoms with Crippen LogP contribution < -0.4 is 0 Å². The quantitative estimate of drug-likeness (QED) is 0.816. The zero-order valence-corrected chi connectivity index (χ0v) is 11.3. The van der Waals surface area contributed by atoms with Crippen molar-refractivity contribution in [3.8, 4) is 17.9 Å².